The first-order valence-corrected chi connectivity index (χ1v) is 4.24. The summed E-state index contributed by atoms with van der Waals surface area (Å²) in [4.78, 5) is 10.8. The second-order valence-electron chi connectivity index (χ2n) is 2.31. The number of carbonyl (C=O) groups is 1. The van der Waals surface area contributed by atoms with Crippen molar-refractivity contribution in [3.63, 3.8) is 0 Å². The van der Waals surface area contributed by atoms with Gasteiger partial charge < -0.3 is 10.4 Å². The Labute approximate surface area is 71.7 Å². The van der Waals surface area contributed by atoms with Crippen LogP contribution in [-0.2, 0) is 4.79 Å². The Morgan fingerprint density at radius 3 is 2.82 bits per heavy atom. The number of hydrogen-bond donors (Lipinski definition) is 2. The maximum Gasteiger partial charge on any atom is 0.221 e. The number of aliphatic hydroxyl groups excluding tert-OH is 1. The van der Waals surface area contributed by atoms with Crippen molar-refractivity contribution in [2.45, 2.75) is 25.9 Å². The summed E-state index contributed by atoms with van der Waals surface area (Å²) in [6.45, 7) is 2.19. The Morgan fingerprint density at radius 1 is 1.73 bits per heavy atom. The number of aliphatic hydroxyl groups is 1. The van der Waals surface area contributed by atoms with Gasteiger partial charge in [0.15, 0.2) is 0 Å². The van der Waals surface area contributed by atoms with Crippen LogP contribution in [-0.4, -0.2) is 29.5 Å². The zero-order valence-electron chi connectivity index (χ0n) is 6.64. The lowest BCUT2D eigenvalue weighted by atomic mass is 10.3. The van der Waals surface area contributed by atoms with E-state index in [-0.39, 0.29) is 5.91 Å². The molecule has 0 aromatic heterocycles. The van der Waals surface area contributed by atoms with E-state index in [1.807, 2.05) is 6.92 Å². The van der Waals surface area contributed by atoms with E-state index in [9.17, 15) is 4.79 Å². The van der Waals surface area contributed by atoms with Crippen molar-refractivity contribution in [3.05, 3.63) is 0 Å². The van der Waals surface area contributed by atoms with E-state index in [2.05, 4.69) is 5.32 Å². The van der Waals surface area contributed by atoms with Gasteiger partial charge in [0.2, 0.25) is 5.91 Å². The summed E-state index contributed by atoms with van der Waals surface area (Å²) in [6, 6.07) is 0. The van der Waals surface area contributed by atoms with Crippen molar-refractivity contribution in [1.29, 1.82) is 0 Å². The quantitative estimate of drug-likeness (QED) is 0.604. The third-order valence-electron chi connectivity index (χ3n) is 1.33. The van der Waals surface area contributed by atoms with Gasteiger partial charge in [-0.2, -0.15) is 0 Å². The van der Waals surface area contributed by atoms with Gasteiger partial charge in [0.1, 0.15) is 0 Å². The average Bonchev–Trinajstić information content (AvgIpc) is 2.01. The predicted octanol–water partition coefficient (Wildman–Crippen LogP) is 0.502. The van der Waals surface area contributed by atoms with E-state index in [1.54, 1.807) is 0 Å². The molecule has 11 heavy (non-hydrogen) atoms. The minimum atomic E-state index is -0.436. The minimum Gasteiger partial charge on any atom is -0.391 e. The Balaban J connectivity index is 3.30. The number of carbonyl (C=O) groups excluding carboxylic acids is 1. The first-order valence-electron chi connectivity index (χ1n) is 3.71. The summed E-state index contributed by atoms with van der Waals surface area (Å²) in [6.07, 6.45) is 0.536. The zero-order chi connectivity index (χ0) is 8.69. The number of alkyl halides is 1. The molecule has 0 heterocycles. The molecular weight excluding hydrogens is 166 g/mol. The van der Waals surface area contributed by atoms with Gasteiger partial charge in [-0.1, -0.05) is 6.92 Å². The monoisotopic (exact) mass is 179 g/mol. The van der Waals surface area contributed by atoms with E-state index in [0.29, 0.717) is 25.3 Å². The summed E-state index contributed by atoms with van der Waals surface area (Å²) in [5, 5.41) is 11.6. The van der Waals surface area contributed by atoms with Crippen LogP contribution in [0.5, 0.6) is 0 Å². The van der Waals surface area contributed by atoms with E-state index in [4.69, 9.17) is 16.7 Å². The maximum absolute atomic E-state index is 10.8. The number of nitrogens with one attached hydrogen (secondary N) is 1. The normalized spacial score (nSPS) is 12.6. The molecule has 3 nitrogen and oxygen atoms in total. The highest BCUT2D eigenvalue weighted by Crippen LogP contribution is 1.88. The van der Waals surface area contributed by atoms with Gasteiger partial charge in [0.05, 0.1) is 6.10 Å². The van der Waals surface area contributed by atoms with Crippen molar-refractivity contribution in [3.8, 4) is 0 Å². The van der Waals surface area contributed by atoms with Crippen LogP contribution in [0, 0.1) is 0 Å². The fraction of sp³-hybridized carbons (Fsp3) is 0.857. The molecular formula is C7H14ClNO2. The lowest BCUT2D eigenvalue weighted by molar-refractivity contribution is -0.121. The van der Waals surface area contributed by atoms with E-state index >= 15 is 0 Å². The molecule has 0 aromatic carbocycles. The molecule has 66 valence electrons. The van der Waals surface area contributed by atoms with Gasteiger partial charge in [-0.25, -0.2) is 0 Å². The van der Waals surface area contributed by atoms with Gasteiger partial charge in [0.25, 0.3) is 0 Å². The van der Waals surface area contributed by atoms with E-state index < -0.39 is 6.10 Å². The molecule has 0 aliphatic heterocycles. The molecule has 0 rings (SSSR count). The SMILES string of the molecule is CCC(O)CNC(=O)CCCl. The minimum absolute atomic E-state index is 0.104. The fourth-order valence-electron chi connectivity index (χ4n) is 0.550. The largest absolute Gasteiger partial charge is 0.391 e. The van der Waals surface area contributed by atoms with Crippen molar-refractivity contribution in [1.82, 2.24) is 5.32 Å². The molecule has 1 atom stereocenters. The predicted molar refractivity (Wildman–Crippen MR) is 44.6 cm³/mol. The first kappa shape index (κ1) is 10.7. The summed E-state index contributed by atoms with van der Waals surface area (Å²) >= 11 is 5.32. The lowest BCUT2D eigenvalue weighted by Gasteiger charge is -2.08. The van der Waals surface area contributed by atoms with Crippen LogP contribution in [0.4, 0.5) is 0 Å². The number of hydrogen-bond acceptors (Lipinski definition) is 2. The van der Waals surface area contributed by atoms with Crippen LogP contribution in [0.1, 0.15) is 19.8 Å². The van der Waals surface area contributed by atoms with Gasteiger partial charge >= 0.3 is 0 Å². The third kappa shape index (κ3) is 6.13. The molecule has 0 bridgehead atoms. The second-order valence-corrected chi connectivity index (χ2v) is 2.68. The van der Waals surface area contributed by atoms with Crippen LogP contribution >= 0.6 is 11.6 Å². The van der Waals surface area contributed by atoms with Gasteiger partial charge in [0, 0.05) is 18.8 Å². The third-order valence-corrected chi connectivity index (χ3v) is 1.52. The molecule has 0 saturated heterocycles. The van der Waals surface area contributed by atoms with Gasteiger partial charge in [-0.3, -0.25) is 4.79 Å². The first-order chi connectivity index (χ1) is 5.20. The standard InChI is InChI=1S/C7H14ClNO2/c1-2-6(10)5-9-7(11)3-4-8/h6,10H,2-5H2,1H3,(H,9,11). The summed E-state index contributed by atoms with van der Waals surface area (Å²) in [5.74, 6) is 0.223. The molecule has 0 aliphatic carbocycles. The van der Waals surface area contributed by atoms with Crippen molar-refractivity contribution in [2.75, 3.05) is 12.4 Å². The van der Waals surface area contributed by atoms with Crippen molar-refractivity contribution in [2.24, 2.45) is 0 Å². The molecule has 1 unspecified atom stereocenters. The summed E-state index contributed by atoms with van der Waals surface area (Å²) in [7, 11) is 0. The Bertz CT molecular complexity index is 119. The van der Waals surface area contributed by atoms with Crippen LogP contribution in [0.2, 0.25) is 0 Å². The summed E-state index contributed by atoms with van der Waals surface area (Å²) < 4.78 is 0. The molecule has 0 aromatic rings. The van der Waals surface area contributed by atoms with Crippen LogP contribution < -0.4 is 5.32 Å². The molecule has 4 heteroatoms. The average molecular weight is 180 g/mol. The highest BCUT2D eigenvalue weighted by molar-refractivity contribution is 6.18. The number of rotatable bonds is 5. The lowest BCUT2D eigenvalue weighted by Crippen LogP contribution is -2.31. The van der Waals surface area contributed by atoms with Crippen molar-refractivity contribution >= 4 is 17.5 Å². The highest BCUT2D eigenvalue weighted by atomic mass is 35.5. The number of halogens is 1. The molecule has 0 aliphatic rings. The maximum atomic E-state index is 10.8. The van der Waals surface area contributed by atoms with Crippen LogP contribution in [0.3, 0.4) is 0 Å². The Kier molecular flexibility index (Phi) is 6.27. The van der Waals surface area contributed by atoms with Gasteiger partial charge in [-0.15, -0.1) is 11.6 Å². The van der Waals surface area contributed by atoms with E-state index in [0.717, 1.165) is 0 Å². The molecule has 0 fully saturated rings. The number of amides is 1. The van der Waals surface area contributed by atoms with E-state index in [1.165, 1.54) is 0 Å². The van der Waals surface area contributed by atoms with Crippen LogP contribution in [0.15, 0.2) is 0 Å². The van der Waals surface area contributed by atoms with Gasteiger partial charge in [-0.05, 0) is 6.42 Å². The molecule has 0 saturated carbocycles. The second kappa shape index (κ2) is 6.43. The van der Waals surface area contributed by atoms with Crippen molar-refractivity contribution < 1.29 is 9.90 Å². The zero-order valence-corrected chi connectivity index (χ0v) is 7.40. The smallest absolute Gasteiger partial charge is 0.221 e. The molecule has 0 spiro atoms. The fourth-order valence-corrected chi connectivity index (χ4v) is 0.722. The molecule has 0 radical (unpaired) electrons. The highest BCUT2D eigenvalue weighted by Gasteiger charge is 2.03. The van der Waals surface area contributed by atoms with Crippen LogP contribution in [0.25, 0.3) is 0 Å². The Morgan fingerprint density at radius 2 is 2.36 bits per heavy atom. The topological polar surface area (TPSA) is 49.3 Å². The molecule has 2 N–H and O–H groups in total. The summed E-state index contributed by atoms with van der Waals surface area (Å²) in [5.41, 5.74) is 0. The molecule has 1 amide bonds. The Hall–Kier alpha value is -0.280.